The van der Waals surface area contributed by atoms with Gasteiger partial charge >= 0.3 is 12.2 Å². The van der Waals surface area contributed by atoms with Gasteiger partial charge < -0.3 is 25.8 Å². The first-order valence-electron chi connectivity index (χ1n) is 10.5. The van der Waals surface area contributed by atoms with E-state index in [2.05, 4.69) is 16.0 Å². The van der Waals surface area contributed by atoms with Gasteiger partial charge in [-0.2, -0.15) is 0 Å². The third-order valence-corrected chi connectivity index (χ3v) is 6.10. The molecule has 4 N–H and O–H groups in total. The van der Waals surface area contributed by atoms with E-state index in [0.717, 1.165) is 25.9 Å². The van der Waals surface area contributed by atoms with Crippen molar-refractivity contribution in [2.75, 3.05) is 45.5 Å². The largest absolute Gasteiger partial charge is 0.465 e. The topological polar surface area (TPSA) is 137 Å². The van der Waals surface area contributed by atoms with Gasteiger partial charge in [-0.05, 0) is 71.4 Å². The molecule has 2 atom stereocenters. The van der Waals surface area contributed by atoms with Crippen LogP contribution in [0.2, 0.25) is 0 Å². The Morgan fingerprint density at radius 3 is 2.30 bits per heavy atom. The maximum absolute atomic E-state index is 11.3. The maximum atomic E-state index is 11.3. The molecular weight excluding hydrogens is 412 g/mol. The van der Waals surface area contributed by atoms with E-state index in [9.17, 15) is 18.0 Å². The number of alkyl carbamates (subject to hydrolysis) is 1. The van der Waals surface area contributed by atoms with E-state index in [-0.39, 0.29) is 12.0 Å². The smallest absolute Gasteiger partial charge is 0.407 e. The predicted octanol–water partition coefficient (Wildman–Crippen LogP) is 1.44. The molecule has 2 aliphatic rings. The number of carbonyl (C=O) groups excluding carboxylic acids is 1. The summed E-state index contributed by atoms with van der Waals surface area (Å²) in [5.41, 5.74) is -0.408. The van der Waals surface area contributed by atoms with E-state index in [1.807, 2.05) is 20.8 Å². The van der Waals surface area contributed by atoms with E-state index in [0.29, 0.717) is 32.1 Å². The van der Waals surface area contributed by atoms with Crippen LogP contribution < -0.4 is 16.0 Å². The van der Waals surface area contributed by atoms with Crippen molar-refractivity contribution in [2.45, 2.75) is 52.1 Å². The minimum absolute atomic E-state index is 0.0876. The van der Waals surface area contributed by atoms with Gasteiger partial charge in [-0.25, -0.2) is 22.3 Å². The fourth-order valence-electron chi connectivity index (χ4n) is 3.37. The summed E-state index contributed by atoms with van der Waals surface area (Å²) >= 11 is 0. The zero-order valence-corrected chi connectivity index (χ0v) is 19.4. The molecule has 2 unspecified atom stereocenters. The molecule has 2 rings (SSSR count). The van der Waals surface area contributed by atoms with Crippen LogP contribution in [0.5, 0.6) is 0 Å². The minimum Gasteiger partial charge on any atom is -0.465 e. The predicted molar refractivity (Wildman–Crippen MR) is 115 cm³/mol. The molecule has 0 bridgehead atoms. The zero-order chi connectivity index (χ0) is 22.8. The van der Waals surface area contributed by atoms with Crippen molar-refractivity contribution >= 4 is 22.2 Å². The number of ether oxygens (including phenoxy) is 1. The van der Waals surface area contributed by atoms with Crippen molar-refractivity contribution in [3.05, 3.63) is 0 Å². The number of piperidine rings is 2. The van der Waals surface area contributed by atoms with Crippen molar-refractivity contribution in [3.63, 3.8) is 0 Å². The Labute approximate surface area is 180 Å². The normalized spacial score (nSPS) is 22.9. The molecule has 0 aromatic carbocycles. The van der Waals surface area contributed by atoms with E-state index in [1.165, 1.54) is 23.4 Å². The summed E-state index contributed by atoms with van der Waals surface area (Å²) in [6, 6.07) is 0. The van der Waals surface area contributed by atoms with Gasteiger partial charge in [0.1, 0.15) is 5.60 Å². The number of hydrogen-bond donors (Lipinski definition) is 4. The van der Waals surface area contributed by atoms with Crippen LogP contribution >= 0.6 is 0 Å². The molecule has 0 radical (unpaired) electrons. The molecule has 2 aliphatic heterocycles. The third-order valence-electron chi connectivity index (χ3n) is 4.83. The molecule has 10 nitrogen and oxygen atoms in total. The van der Waals surface area contributed by atoms with Crippen LogP contribution in [0.4, 0.5) is 9.59 Å². The first-order chi connectivity index (χ1) is 13.9. The van der Waals surface area contributed by atoms with Crippen molar-refractivity contribution in [3.8, 4) is 0 Å². The van der Waals surface area contributed by atoms with Crippen LogP contribution in [0.1, 0.15) is 46.5 Å². The Bertz CT molecular complexity index is 644. The number of amides is 2. The Morgan fingerprint density at radius 2 is 1.77 bits per heavy atom. The van der Waals surface area contributed by atoms with Gasteiger partial charge in [0, 0.05) is 26.2 Å². The highest BCUT2D eigenvalue weighted by Crippen LogP contribution is 2.17. The van der Waals surface area contributed by atoms with E-state index < -0.39 is 21.7 Å². The average Bonchev–Trinajstić information content (AvgIpc) is 2.64. The van der Waals surface area contributed by atoms with E-state index in [4.69, 9.17) is 9.84 Å². The van der Waals surface area contributed by atoms with Gasteiger partial charge in [-0.3, -0.25) is 0 Å². The van der Waals surface area contributed by atoms with Crippen molar-refractivity contribution in [1.82, 2.24) is 20.3 Å². The van der Waals surface area contributed by atoms with Crippen LogP contribution in [0.15, 0.2) is 0 Å². The monoisotopic (exact) mass is 450 g/mol. The molecule has 176 valence electrons. The van der Waals surface area contributed by atoms with Crippen LogP contribution in [-0.4, -0.2) is 81.1 Å². The number of sulfonamides is 1. The lowest BCUT2D eigenvalue weighted by Gasteiger charge is -2.30. The lowest BCUT2D eigenvalue weighted by atomic mass is 10.00. The molecule has 0 saturated carbocycles. The minimum atomic E-state index is -3.14. The quantitative estimate of drug-likeness (QED) is 0.497. The van der Waals surface area contributed by atoms with Crippen molar-refractivity contribution < 1.29 is 27.9 Å². The summed E-state index contributed by atoms with van der Waals surface area (Å²) in [4.78, 5) is 21.6. The molecule has 0 aliphatic carbocycles. The Morgan fingerprint density at radius 1 is 1.13 bits per heavy atom. The lowest BCUT2D eigenvalue weighted by molar-refractivity contribution is 0.0516. The summed E-state index contributed by atoms with van der Waals surface area (Å²) in [5.74, 6) is 0.635. The van der Waals surface area contributed by atoms with Gasteiger partial charge in [0.15, 0.2) is 0 Å². The highest BCUT2D eigenvalue weighted by atomic mass is 32.2. The van der Waals surface area contributed by atoms with Gasteiger partial charge in [0.25, 0.3) is 0 Å². The molecular formula is C19H38N4O6S. The number of carbonyl (C=O) groups is 2. The Balaban J connectivity index is 0.000000300. The van der Waals surface area contributed by atoms with Crippen LogP contribution in [0.3, 0.4) is 0 Å². The number of nitrogens with zero attached hydrogens (tertiary/aromatic N) is 1. The number of hydrogen-bond acceptors (Lipinski definition) is 6. The van der Waals surface area contributed by atoms with E-state index in [1.54, 1.807) is 0 Å². The molecule has 0 spiro atoms. The summed E-state index contributed by atoms with van der Waals surface area (Å²) in [5, 5.41) is 16.8. The SMILES string of the molecule is CC(C)(C)OC(=O)NCC1CCCNC1.CS(=O)(=O)N1CCCC(CNC(=O)O)C1. The molecule has 2 fully saturated rings. The summed E-state index contributed by atoms with van der Waals surface area (Å²) in [6.07, 6.45) is 3.84. The second-order valence-corrected chi connectivity index (χ2v) is 10.9. The van der Waals surface area contributed by atoms with Crippen LogP contribution in [-0.2, 0) is 14.8 Å². The summed E-state index contributed by atoms with van der Waals surface area (Å²) < 4.78 is 29.1. The molecule has 2 saturated heterocycles. The third kappa shape index (κ3) is 12.2. The number of nitrogens with one attached hydrogen (secondary N) is 3. The highest BCUT2D eigenvalue weighted by Gasteiger charge is 2.25. The van der Waals surface area contributed by atoms with Gasteiger partial charge in [-0.1, -0.05) is 0 Å². The number of carboxylic acid groups (broad SMARTS) is 1. The molecule has 0 aromatic heterocycles. The first kappa shape index (κ1) is 26.4. The van der Waals surface area contributed by atoms with Crippen molar-refractivity contribution in [1.29, 1.82) is 0 Å². The van der Waals surface area contributed by atoms with Crippen LogP contribution in [0, 0.1) is 11.8 Å². The zero-order valence-electron chi connectivity index (χ0n) is 18.6. The molecule has 0 aromatic rings. The van der Waals surface area contributed by atoms with Crippen LogP contribution in [0.25, 0.3) is 0 Å². The molecule has 2 amide bonds. The maximum Gasteiger partial charge on any atom is 0.407 e. The Kier molecular flexibility index (Phi) is 10.9. The standard InChI is InChI=1S/C11H22N2O2.C8H16N2O4S/c1-11(2,3)15-10(14)13-8-9-5-4-6-12-7-9;1-15(13,14)10-4-2-3-7(6-10)5-9-8(11)12/h9,12H,4-8H2,1-3H3,(H,13,14);7,9H,2-6H2,1H3,(H,11,12). The van der Waals surface area contributed by atoms with Gasteiger partial charge in [-0.15, -0.1) is 0 Å². The lowest BCUT2D eigenvalue weighted by Crippen LogP contribution is -2.43. The number of rotatable bonds is 5. The second kappa shape index (κ2) is 12.3. The van der Waals surface area contributed by atoms with E-state index >= 15 is 0 Å². The second-order valence-electron chi connectivity index (χ2n) is 8.91. The summed E-state index contributed by atoms with van der Waals surface area (Å²) in [7, 11) is -3.14. The van der Waals surface area contributed by atoms with Gasteiger partial charge in [0.2, 0.25) is 10.0 Å². The first-order valence-corrected chi connectivity index (χ1v) is 12.3. The summed E-state index contributed by atoms with van der Waals surface area (Å²) in [6.45, 7) is 9.70. The molecule has 30 heavy (non-hydrogen) atoms. The fourth-order valence-corrected chi connectivity index (χ4v) is 4.31. The molecule has 11 heteroatoms. The van der Waals surface area contributed by atoms with Crippen molar-refractivity contribution in [2.24, 2.45) is 11.8 Å². The molecule has 2 heterocycles. The average molecular weight is 451 g/mol. The Hall–Kier alpha value is -1.59. The fraction of sp³-hybridized carbons (Fsp3) is 0.895. The highest BCUT2D eigenvalue weighted by molar-refractivity contribution is 7.88. The van der Waals surface area contributed by atoms with Gasteiger partial charge in [0.05, 0.1) is 6.26 Å².